The van der Waals surface area contributed by atoms with Crippen molar-refractivity contribution in [2.24, 2.45) is 7.05 Å². The van der Waals surface area contributed by atoms with E-state index in [4.69, 9.17) is 16.6 Å². The summed E-state index contributed by atoms with van der Waals surface area (Å²) in [5.74, 6) is 0.124. The molecule has 5 rings (SSSR count). The topological polar surface area (TPSA) is 107 Å². The molecular weight excluding hydrogens is 550 g/mol. The Labute approximate surface area is 249 Å². The molecule has 214 valence electrons. The number of carbonyl (C=O) groups is 1. The molecular formula is C32H32ClN7O2. The Morgan fingerprint density at radius 2 is 1.81 bits per heavy atom. The predicted octanol–water partition coefficient (Wildman–Crippen LogP) is 6.13. The number of nitrogens with zero attached hydrogens (tertiary/aromatic N) is 4. The molecule has 2 heterocycles. The maximum absolute atomic E-state index is 12.9. The van der Waals surface area contributed by atoms with Crippen LogP contribution in [0.2, 0.25) is 5.02 Å². The third kappa shape index (κ3) is 6.95. The lowest BCUT2D eigenvalue weighted by Gasteiger charge is -2.12. The fraction of sp³-hybridized carbons (Fsp3) is 0.156. The van der Waals surface area contributed by atoms with Crippen molar-refractivity contribution >= 4 is 51.4 Å². The van der Waals surface area contributed by atoms with Crippen LogP contribution in [0.3, 0.4) is 0 Å². The summed E-state index contributed by atoms with van der Waals surface area (Å²) in [5.41, 5.74) is 5.12. The fourth-order valence-corrected chi connectivity index (χ4v) is 4.68. The summed E-state index contributed by atoms with van der Waals surface area (Å²) in [4.78, 5) is 24.0. The van der Waals surface area contributed by atoms with Crippen LogP contribution in [-0.4, -0.2) is 57.3 Å². The minimum Gasteiger partial charge on any atom is -0.370 e. The number of fused-ring (bicyclic) bond motifs is 1. The van der Waals surface area contributed by atoms with E-state index in [1.165, 1.54) is 0 Å². The highest BCUT2D eigenvalue weighted by molar-refractivity contribution is 6.33. The molecule has 2 aromatic heterocycles. The molecule has 0 aliphatic rings. The van der Waals surface area contributed by atoms with E-state index >= 15 is 0 Å². The van der Waals surface area contributed by atoms with Gasteiger partial charge < -0.3 is 30.5 Å². The molecule has 0 fully saturated rings. The molecule has 0 spiro atoms. The van der Waals surface area contributed by atoms with Crippen molar-refractivity contribution < 1.29 is 9.90 Å². The molecule has 4 N–H and O–H groups in total. The summed E-state index contributed by atoms with van der Waals surface area (Å²) in [7, 11) is 5.90. The Hall–Kier alpha value is -4.70. The average molecular weight is 582 g/mol. The molecule has 1 atom stereocenters. The molecule has 0 aliphatic carbocycles. The minimum atomic E-state index is -0.826. The van der Waals surface area contributed by atoms with Gasteiger partial charge in [-0.1, -0.05) is 41.9 Å². The number of aliphatic hydroxyl groups is 1. The summed E-state index contributed by atoms with van der Waals surface area (Å²) < 4.78 is 2.04. The van der Waals surface area contributed by atoms with Gasteiger partial charge in [-0.2, -0.15) is 0 Å². The van der Waals surface area contributed by atoms with Crippen molar-refractivity contribution in [3.8, 4) is 11.3 Å². The first-order chi connectivity index (χ1) is 20.3. The molecule has 10 heteroatoms. The Kier molecular flexibility index (Phi) is 8.83. The van der Waals surface area contributed by atoms with Gasteiger partial charge in [0.15, 0.2) is 0 Å². The number of hydrogen-bond donors (Lipinski definition) is 4. The van der Waals surface area contributed by atoms with E-state index in [1.54, 1.807) is 48.7 Å². The van der Waals surface area contributed by atoms with Crippen molar-refractivity contribution in [1.82, 2.24) is 19.4 Å². The fourth-order valence-electron chi connectivity index (χ4n) is 4.49. The summed E-state index contributed by atoms with van der Waals surface area (Å²) in [6.45, 7) is 0.730. The average Bonchev–Trinajstić information content (AvgIpc) is 3.30. The number of likely N-dealkylation sites (N-methyl/N-ethyl adjacent to an activating group) is 1. The van der Waals surface area contributed by atoms with E-state index in [0.717, 1.165) is 23.0 Å². The van der Waals surface area contributed by atoms with Crippen LogP contribution < -0.4 is 16.0 Å². The molecule has 5 aromatic rings. The number of halogens is 1. The van der Waals surface area contributed by atoms with E-state index in [0.29, 0.717) is 39.3 Å². The van der Waals surface area contributed by atoms with Crippen molar-refractivity contribution in [2.75, 3.05) is 36.6 Å². The highest BCUT2D eigenvalue weighted by Gasteiger charge is 2.15. The number of aliphatic hydroxyl groups excluding tert-OH is 1. The number of hydrogen-bond acceptors (Lipinski definition) is 7. The second kappa shape index (κ2) is 12.9. The summed E-state index contributed by atoms with van der Waals surface area (Å²) in [5, 5.41) is 20.8. The van der Waals surface area contributed by atoms with Crippen molar-refractivity contribution in [3.63, 3.8) is 0 Å². The number of anilines is 4. The SMILES string of the molecule is CN(C)C/C=C/C(O)Nc1ccc(C(=O)Nc2cccc(Nc3ncc(Cl)c(-c4cn(C)c5ccccc45)n3)c2)cc1. The standard InChI is InChI=1S/C32H32ClN7O2/c1-39(2)17-7-12-29(41)35-22-15-13-21(14-16-22)31(42)36-23-8-6-9-24(18-23)37-32-34-19-27(33)30(38-32)26-20-40(3)28-11-5-4-10-25(26)28/h4-16,18-20,29,35,41H,17H2,1-3H3,(H,36,42)(H,34,37,38)/b12-7+. The number of para-hydroxylation sites is 1. The smallest absolute Gasteiger partial charge is 0.255 e. The van der Waals surface area contributed by atoms with Crippen LogP contribution in [0.1, 0.15) is 10.4 Å². The first-order valence-corrected chi connectivity index (χ1v) is 13.8. The third-order valence-corrected chi connectivity index (χ3v) is 6.80. The minimum absolute atomic E-state index is 0.258. The first kappa shape index (κ1) is 28.8. The van der Waals surface area contributed by atoms with E-state index in [9.17, 15) is 9.90 Å². The van der Waals surface area contributed by atoms with Crippen LogP contribution in [0.25, 0.3) is 22.2 Å². The molecule has 1 unspecified atom stereocenters. The van der Waals surface area contributed by atoms with Gasteiger partial charge in [0, 0.05) is 58.9 Å². The number of carbonyl (C=O) groups excluding carboxylic acids is 1. The largest absolute Gasteiger partial charge is 0.370 e. The van der Waals surface area contributed by atoms with Gasteiger partial charge in [-0.15, -0.1) is 0 Å². The van der Waals surface area contributed by atoms with Crippen LogP contribution in [0, 0.1) is 0 Å². The van der Waals surface area contributed by atoms with Gasteiger partial charge in [0.1, 0.15) is 6.23 Å². The second-order valence-electron chi connectivity index (χ2n) is 10.1. The molecule has 0 radical (unpaired) electrons. The Bertz CT molecular complexity index is 1730. The van der Waals surface area contributed by atoms with Crippen LogP contribution in [0.4, 0.5) is 23.0 Å². The lowest BCUT2D eigenvalue weighted by Crippen LogP contribution is -2.17. The van der Waals surface area contributed by atoms with Crippen LogP contribution >= 0.6 is 11.6 Å². The van der Waals surface area contributed by atoms with Gasteiger partial charge in [-0.05, 0) is 68.7 Å². The lowest BCUT2D eigenvalue weighted by molar-refractivity contribution is 0.102. The van der Waals surface area contributed by atoms with Crippen molar-refractivity contribution in [3.05, 3.63) is 108 Å². The number of amides is 1. The third-order valence-electron chi connectivity index (χ3n) is 6.52. The second-order valence-corrected chi connectivity index (χ2v) is 10.5. The highest BCUT2D eigenvalue weighted by Crippen LogP contribution is 2.34. The zero-order chi connectivity index (χ0) is 29.6. The number of nitrogens with one attached hydrogen (secondary N) is 3. The zero-order valence-electron chi connectivity index (χ0n) is 23.5. The predicted molar refractivity (Wildman–Crippen MR) is 170 cm³/mol. The molecule has 9 nitrogen and oxygen atoms in total. The molecule has 0 saturated heterocycles. The van der Waals surface area contributed by atoms with Crippen LogP contribution in [-0.2, 0) is 7.05 Å². The van der Waals surface area contributed by atoms with Gasteiger partial charge >= 0.3 is 0 Å². The number of aryl methyl sites for hydroxylation is 1. The lowest BCUT2D eigenvalue weighted by atomic mass is 10.1. The van der Waals surface area contributed by atoms with Crippen LogP contribution in [0.15, 0.2) is 97.3 Å². The first-order valence-electron chi connectivity index (χ1n) is 13.4. The van der Waals surface area contributed by atoms with E-state index in [2.05, 4.69) is 27.0 Å². The molecule has 0 saturated carbocycles. The monoisotopic (exact) mass is 581 g/mol. The Morgan fingerprint density at radius 3 is 2.60 bits per heavy atom. The number of benzene rings is 3. The van der Waals surface area contributed by atoms with Gasteiger partial charge in [0.05, 0.1) is 16.9 Å². The maximum Gasteiger partial charge on any atom is 0.255 e. The summed E-state index contributed by atoms with van der Waals surface area (Å²) in [6.07, 6.45) is 6.32. The number of rotatable bonds is 10. The van der Waals surface area contributed by atoms with Crippen molar-refractivity contribution in [2.45, 2.75) is 6.23 Å². The normalized spacial score (nSPS) is 12.1. The van der Waals surface area contributed by atoms with Gasteiger partial charge in [-0.25, -0.2) is 9.97 Å². The zero-order valence-corrected chi connectivity index (χ0v) is 24.3. The van der Waals surface area contributed by atoms with E-state index in [1.807, 2.05) is 73.2 Å². The van der Waals surface area contributed by atoms with Gasteiger partial charge in [0.2, 0.25) is 5.95 Å². The van der Waals surface area contributed by atoms with Gasteiger partial charge in [0.25, 0.3) is 5.91 Å². The summed E-state index contributed by atoms with van der Waals surface area (Å²) >= 11 is 6.52. The number of aromatic nitrogens is 3. The maximum atomic E-state index is 12.9. The van der Waals surface area contributed by atoms with Crippen LogP contribution in [0.5, 0.6) is 0 Å². The molecule has 1 amide bonds. The van der Waals surface area contributed by atoms with Gasteiger partial charge in [-0.3, -0.25) is 4.79 Å². The Morgan fingerprint density at radius 1 is 1.05 bits per heavy atom. The summed E-state index contributed by atoms with van der Waals surface area (Å²) in [6, 6.07) is 22.3. The molecule has 42 heavy (non-hydrogen) atoms. The quantitative estimate of drug-likeness (QED) is 0.116. The molecule has 0 bridgehead atoms. The van der Waals surface area contributed by atoms with Crippen molar-refractivity contribution in [1.29, 1.82) is 0 Å². The molecule has 3 aromatic carbocycles. The molecule has 0 aliphatic heterocycles. The Balaban J connectivity index is 1.25. The van der Waals surface area contributed by atoms with E-state index < -0.39 is 6.23 Å². The highest BCUT2D eigenvalue weighted by atomic mass is 35.5. The van der Waals surface area contributed by atoms with E-state index in [-0.39, 0.29) is 5.91 Å².